The van der Waals surface area contributed by atoms with E-state index in [0.29, 0.717) is 12.1 Å². The minimum atomic E-state index is -0.553. The van der Waals surface area contributed by atoms with Gasteiger partial charge in [0.25, 0.3) is 0 Å². The molecule has 0 radical (unpaired) electrons. The summed E-state index contributed by atoms with van der Waals surface area (Å²) in [4.78, 5) is 4.19. The van der Waals surface area contributed by atoms with E-state index in [1.165, 1.54) is 3.57 Å². The van der Waals surface area contributed by atoms with Gasteiger partial charge in [-0.2, -0.15) is 0 Å². The van der Waals surface area contributed by atoms with Crippen LogP contribution in [-0.4, -0.2) is 10.1 Å². The minimum absolute atomic E-state index is 0.553. The second kappa shape index (κ2) is 5.93. The Bertz CT molecular complexity index is 484. The standard InChI is InChI=1S/C13H11BrINO/c14-10-3-6-12(16-8-10)13(17)7-9-1-4-11(15)5-2-9/h1-6,8,13,17H,7H2. The van der Waals surface area contributed by atoms with Crippen molar-refractivity contribution in [2.24, 2.45) is 0 Å². The molecule has 2 nitrogen and oxygen atoms in total. The van der Waals surface area contributed by atoms with E-state index >= 15 is 0 Å². The van der Waals surface area contributed by atoms with E-state index in [1.807, 2.05) is 36.4 Å². The normalized spacial score (nSPS) is 12.4. The summed E-state index contributed by atoms with van der Waals surface area (Å²) in [5.74, 6) is 0. The highest BCUT2D eigenvalue weighted by Gasteiger charge is 2.09. The maximum absolute atomic E-state index is 10.1. The number of aliphatic hydroxyl groups excluding tert-OH is 1. The zero-order valence-electron chi connectivity index (χ0n) is 8.98. The molecule has 0 aliphatic heterocycles. The van der Waals surface area contributed by atoms with Crippen molar-refractivity contribution in [2.45, 2.75) is 12.5 Å². The van der Waals surface area contributed by atoms with Gasteiger partial charge in [-0.05, 0) is 68.3 Å². The van der Waals surface area contributed by atoms with Gasteiger partial charge in [0.05, 0.1) is 11.8 Å². The fourth-order valence-electron chi connectivity index (χ4n) is 1.53. The first-order valence-corrected chi connectivity index (χ1v) is 7.06. The van der Waals surface area contributed by atoms with E-state index in [1.54, 1.807) is 6.20 Å². The molecule has 0 amide bonds. The molecule has 1 heterocycles. The van der Waals surface area contributed by atoms with Gasteiger partial charge in [0.2, 0.25) is 0 Å². The molecule has 0 spiro atoms. The highest BCUT2D eigenvalue weighted by Crippen LogP contribution is 2.18. The SMILES string of the molecule is OC(Cc1ccc(I)cc1)c1ccc(Br)cn1. The predicted octanol–water partition coefficient (Wildman–Crippen LogP) is 3.72. The summed E-state index contributed by atoms with van der Waals surface area (Å²) in [5.41, 5.74) is 1.81. The molecule has 0 saturated carbocycles. The van der Waals surface area contributed by atoms with Crippen molar-refractivity contribution < 1.29 is 5.11 Å². The molecule has 88 valence electrons. The molecule has 4 heteroatoms. The van der Waals surface area contributed by atoms with E-state index in [4.69, 9.17) is 0 Å². The molecule has 0 aliphatic rings. The Labute approximate surface area is 122 Å². The summed E-state index contributed by atoms with van der Waals surface area (Å²) in [6.45, 7) is 0. The summed E-state index contributed by atoms with van der Waals surface area (Å²) >= 11 is 5.59. The van der Waals surface area contributed by atoms with Crippen LogP contribution >= 0.6 is 38.5 Å². The number of halogens is 2. The number of aliphatic hydroxyl groups is 1. The van der Waals surface area contributed by atoms with Gasteiger partial charge >= 0.3 is 0 Å². The van der Waals surface area contributed by atoms with Crippen LogP contribution in [0.2, 0.25) is 0 Å². The first-order chi connectivity index (χ1) is 8.15. The van der Waals surface area contributed by atoms with Gasteiger partial charge in [0.15, 0.2) is 0 Å². The van der Waals surface area contributed by atoms with Gasteiger partial charge in [-0.15, -0.1) is 0 Å². The summed E-state index contributed by atoms with van der Waals surface area (Å²) in [6, 6.07) is 11.9. The van der Waals surface area contributed by atoms with Crippen LogP contribution in [0.3, 0.4) is 0 Å². The van der Waals surface area contributed by atoms with Crippen molar-refractivity contribution in [3.05, 3.63) is 61.9 Å². The number of aromatic nitrogens is 1. The lowest BCUT2D eigenvalue weighted by Crippen LogP contribution is -2.03. The van der Waals surface area contributed by atoms with Crippen LogP contribution in [0.1, 0.15) is 17.4 Å². The van der Waals surface area contributed by atoms with Gasteiger partial charge in [-0.3, -0.25) is 4.98 Å². The second-order valence-corrected chi connectivity index (χ2v) is 5.91. The third-order valence-electron chi connectivity index (χ3n) is 2.43. The van der Waals surface area contributed by atoms with Crippen LogP contribution in [0, 0.1) is 3.57 Å². The average Bonchev–Trinajstić information content (AvgIpc) is 2.33. The maximum Gasteiger partial charge on any atom is 0.0999 e. The lowest BCUT2D eigenvalue weighted by molar-refractivity contribution is 0.173. The smallest absolute Gasteiger partial charge is 0.0999 e. The first kappa shape index (κ1) is 13.0. The van der Waals surface area contributed by atoms with Crippen molar-refractivity contribution in [3.63, 3.8) is 0 Å². The molecule has 2 rings (SSSR count). The van der Waals surface area contributed by atoms with Crippen LogP contribution in [0.15, 0.2) is 47.1 Å². The molecular formula is C13H11BrINO. The van der Waals surface area contributed by atoms with E-state index < -0.39 is 6.10 Å². The molecule has 0 saturated heterocycles. The number of hydrogen-bond donors (Lipinski definition) is 1. The van der Waals surface area contributed by atoms with Crippen LogP contribution in [-0.2, 0) is 6.42 Å². The molecule has 1 unspecified atom stereocenters. The number of pyridine rings is 1. The molecule has 0 fully saturated rings. The fraction of sp³-hybridized carbons (Fsp3) is 0.154. The molecule has 1 aromatic heterocycles. The number of hydrogen-bond acceptors (Lipinski definition) is 2. The lowest BCUT2D eigenvalue weighted by atomic mass is 10.1. The number of nitrogens with zero attached hydrogens (tertiary/aromatic N) is 1. The summed E-state index contributed by atoms with van der Waals surface area (Å²) < 4.78 is 2.12. The quantitative estimate of drug-likeness (QED) is 0.792. The van der Waals surface area contributed by atoms with Gasteiger partial charge < -0.3 is 5.11 Å². The molecule has 17 heavy (non-hydrogen) atoms. The Morgan fingerprint density at radius 3 is 2.47 bits per heavy atom. The molecule has 1 aromatic carbocycles. The summed E-state index contributed by atoms with van der Waals surface area (Å²) in [6.07, 6.45) is 1.74. The molecular weight excluding hydrogens is 393 g/mol. The van der Waals surface area contributed by atoms with E-state index in [2.05, 4.69) is 43.5 Å². The molecule has 1 atom stereocenters. The monoisotopic (exact) mass is 403 g/mol. The van der Waals surface area contributed by atoms with E-state index in [9.17, 15) is 5.11 Å². The average molecular weight is 404 g/mol. The first-order valence-electron chi connectivity index (χ1n) is 5.19. The van der Waals surface area contributed by atoms with Crippen molar-refractivity contribution in [1.29, 1.82) is 0 Å². The van der Waals surface area contributed by atoms with Crippen LogP contribution in [0.5, 0.6) is 0 Å². The Hall–Kier alpha value is -0.460. The fourth-order valence-corrected chi connectivity index (χ4v) is 2.13. The van der Waals surface area contributed by atoms with Crippen LogP contribution in [0.25, 0.3) is 0 Å². The second-order valence-electron chi connectivity index (χ2n) is 3.75. The zero-order chi connectivity index (χ0) is 12.3. The van der Waals surface area contributed by atoms with Gasteiger partial charge in [-0.1, -0.05) is 12.1 Å². The van der Waals surface area contributed by atoms with E-state index in [-0.39, 0.29) is 0 Å². The lowest BCUT2D eigenvalue weighted by Gasteiger charge is -2.10. The van der Waals surface area contributed by atoms with Gasteiger partial charge in [0.1, 0.15) is 0 Å². The Morgan fingerprint density at radius 1 is 1.18 bits per heavy atom. The predicted molar refractivity (Wildman–Crippen MR) is 79.8 cm³/mol. The van der Waals surface area contributed by atoms with Crippen molar-refractivity contribution in [3.8, 4) is 0 Å². The highest BCUT2D eigenvalue weighted by molar-refractivity contribution is 14.1. The molecule has 1 N–H and O–H groups in total. The minimum Gasteiger partial charge on any atom is -0.386 e. The Morgan fingerprint density at radius 2 is 1.88 bits per heavy atom. The van der Waals surface area contributed by atoms with Crippen molar-refractivity contribution >= 4 is 38.5 Å². The largest absolute Gasteiger partial charge is 0.386 e. The zero-order valence-corrected chi connectivity index (χ0v) is 12.7. The van der Waals surface area contributed by atoms with E-state index in [0.717, 1.165) is 10.0 Å². The maximum atomic E-state index is 10.1. The van der Waals surface area contributed by atoms with Gasteiger partial charge in [-0.25, -0.2) is 0 Å². The third-order valence-corrected chi connectivity index (χ3v) is 3.62. The third kappa shape index (κ3) is 3.76. The molecule has 2 aromatic rings. The van der Waals surface area contributed by atoms with Crippen LogP contribution < -0.4 is 0 Å². The Kier molecular flexibility index (Phi) is 4.53. The van der Waals surface area contributed by atoms with Crippen molar-refractivity contribution in [2.75, 3.05) is 0 Å². The topological polar surface area (TPSA) is 33.1 Å². The molecule has 0 bridgehead atoms. The summed E-state index contributed by atoms with van der Waals surface area (Å²) in [7, 11) is 0. The number of benzene rings is 1. The van der Waals surface area contributed by atoms with Gasteiger partial charge in [0, 0.05) is 20.7 Å². The number of rotatable bonds is 3. The van der Waals surface area contributed by atoms with Crippen LogP contribution in [0.4, 0.5) is 0 Å². The summed E-state index contributed by atoms with van der Waals surface area (Å²) in [5, 5.41) is 10.1. The Balaban J connectivity index is 2.08. The highest BCUT2D eigenvalue weighted by atomic mass is 127. The molecule has 0 aliphatic carbocycles. The van der Waals surface area contributed by atoms with Crippen molar-refractivity contribution in [1.82, 2.24) is 4.98 Å².